The molecule has 0 amide bonds. The Labute approximate surface area is 108 Å². The molecule has 0 saturated carbocycles. The van der Waals surface area contributed by atoms with Gasteiger partial charge in [-0.25, -0.2) is 0 Å². The highest BCUT2D eigenvalue weighted by Crippen LogP contribution is 2.30. The molecular formula is C13H13BrO3. The van der Waals surface area contributed by atoms with E-state index < -0.39 is 11.9 Å². The summed E-state index contributed by atoms with van der Waals surface area (Å²) in [6.07, 6.45) is 0. The second-order valence-electron chi connectivity index (χ2n) is 4.41. The molecule has 2 aromatic rings. The first-order valence-electron chi connectivity index (χ1n) is 5.41. The van der Waals surface area contributed by atoms with Gasteiger partial charge in [0.15, 0.2) is 4.67 Å². The van der Waals surface area contributed by atoms with Crippen LogP contribution in [0.3, 0.4) is 0 Å². The molecule has 2 rings (SSSR count). The Balaban J connectivity index is 2.50. The first kappa shape index (κ1) is 12.2. The molecule has 4 heteroatoms. The highest BCUT2D eigenvalue weighted by atomic mass is 79.9. The minimum absolute atomic E-state index is 0.0448. The monoisotopic (exact) mass is 296 g/mol. The fourth-order valence-corrected chi connectivity index (χ4v) is 2.44. The molecule has 1 aromatic carbocycles. The molecular weight excluding hydrogens is 284 g/mol. The second kappa shape index (κ2) is 4.53. The van der Waals surface area contributed by atoms with Crippen LogP contribution in [0.2, 0.25) is 0 Å². The number of hydrogen-bond donors (Lipinski definition) is 1. The minimum atomic E-state index is -0.801. The Morgan fingerprint density at radius 1 is 1.35 bits per heavy atom. The van der Waals surface area contributed by atoms with Gasteiger partial charge in [0.05, 0.1) is 5.92 Å². The smallest absolute Gasteiger partial charge is 0.311 e. The predicted molar refractivity (Wildman–Crippen MR) is 69.1 cm³/mol. The fourth-order valence-electron chi connectivity index (χ4n) is 2.02. The zero-order valence-electron chi connectivity index (χ0n) is 9.61. The Morgan fingerprint density at radius 2 is 2.06 bits per heavy atom. The van der Waals surface area contributed by atoms with E-state index in [1.165, 1.54) is 0 Å². The van der Waals surface area contributed by atoms with Gasteiger partial charge >= 0.3 is 5.97 Å². The highest BCUT2D eigenvalue weighted by molar-refractivity contribution is 9.10. The van der Waals surface area contributed by atoms with E-state index in [2.05, 4.69) is 15.9 Å². The maximum absolute atomic E-state index is 11.2. The van der Waals surface area contributed by atoms with Crippen molar-refractivity contribution < 1.29 is 14.3 Å². The Bertz CT molecular complexity index is 557. The molecule has 1 heterocycles. The molecule has 0 spiro atoms. The highest BCUT2D eigenvalue weighted by Gasteiger charge is 2.24. The van der Waals surface area contributed by atoms with Crippen LogP contribution in [0.25, 0.3) is 11.0 Å². The summed E-state index contributed by atoms with van der Waals surface area (Å²) < 4.78 is 6.10. The van der Waals surface area contributed by atoms with Crippen LogP contribution in [0, 0.1) is 5.92 Å². The number of carboxylic acid groups (broad SMARTS) is 1. The van der Waals surface area contributed by atoms with Gasteiger partial charge in [0.25, 0.3) is 0 Å². The van der Waals surface area contributed by atoms with Crippen LogP contribution in [-0.4, -0.2) is 11.1 Å². The van der Waals surface area contributed by atoms with Crippen LogP contribution in [-0.2, 0) is 4.79 Å². The molecule has 3 nitrogen and oxygen atoms in total. The van der Waals surface area contributed by atoms with Gasteiger partial charge in [-0.3, -0.25) is 4.79 Å². The van der Waals surface area contributed by atoms with E-state index in [0.29, 0.717) is 10.3 Å². The number of benzene rings is 1. The van der Waals surface area contributed by atoms with Gasteiger partial charge in [-0.15, -0.1) is 0 Å². The lowest BCUT2D eigenvalue weighted by molar-refractivity contribution is -0.139. The van der Waals surface area contributed by atoms with E-state index >= 15 is 0 Å². The first-order chi connectivity index (χ1) is 7.99. The number of rotatable bonds is 3. The molecule has 0 aliphatic carbocycles. The third kappa shape index (κ3) is 2.36. The normalized spacial score (nSPS) is 13.2. The number of aliphatic carboxylic acids is 1. The molecule has 0 fully saturated rings. The van der Waals surface area contributed by atoms with Crippen LogP contribution >= 0.6 is 15.9 Å². The molecule has 17 heavy (non-hydrogen) atoms. The minimum Gasteiger partial charge on any atom is -0.481 e. The summed E-state index contributed by atoms with van der Waals surface area (Å²) in [5, 5.41) is 10.2. The number of carboxylic acids is 1. The number of fused-ring (bicyclic) bond motifs is 1. The van der Waals surface area contributed by atoms with E-state index in [0.717, 1.165) is 10.9 Å². The third-order valence-corrected chi connectivity index (χ3v) is 3.20. The second-order valence-corrected chi connectivity index (χ2v) is 5.19. The predicted octanol–water partition coefficient (Wildman–Crippen LogP) is 4.02. The molecule has 0 radical (unpaired) electrons. The van der Waals surface area contributed by atoms with E-state index in [9.17, 15) is 9.90 Å². The van der Waals surface area contributed by atoms with Crippen LogP contribution in [0.4, 0.5) is 0 Å². The van der Waals surface area contributed by atoms with Crippen molar-refractivity contribution in [2.24, 2.45) is 5.92 Å². The number of carbonyl (C=O) groups is 1. The third-order valence-electron chi connectivity index (χ3n) is 2.81. The molecule has 0 saturated heterocycles. The lowest BCUT2D eigenvalue weighted by Gasteiger charge is -2.16. The van der Waals surface area contributed by atoms with Gasteiger partial charge < -0.3 is 9.52 Å². The zero-order valence-corrected chi connectivity index (χ0v) is 11.2. The summed E-state index contributed by atoms with van der Waals surface area (Å²) >= 11 is 3.26. The van der Waals surface area contributed by atoms with Crippen LogP contribution in [0.1, 0.15) is 25.3 Å². The van der Waals surface area contributed by atoms with Crippen molar-refractivity contribution in [1.29, 1.82) is 0 Å². The van der Waals surface area contributed by atoms with Crippen molar-refractivity contribution in [3.05, 3.63) is 34.5 Å². The summed E-state index contributed by atoms with van der Waals surface area (Å²) in [5.41, 5.74) is 1.49. The van der Waals surface area contributed by atoms with E-state index in [1.54, 1.807) is 6.07 Å². The van der Waals surface area contributed by atoms with Crippen LogP contribution < -0.4 is 0 Å². The van der Waals surface area contributed by atoms with Gasteiger partial charge in [-0.05, 0) is 39.5 Å². The van der Waals surface area contributed by atoms with Crippen molar-refractivity contribution in [1.82, 2.24) is 0 Å². The van der Waals surface area contributed by atoms with E-state index in [1.807, 2.05) is 32.0 Å². The number of halogens is 1. The molecule has 0 aliphatic rings. The van der Waals surface area contributed by atoms with Crippen molar-refractivity contribution in [3.63, 3.8) is 0 Å². The standard InChI is InChI=1S/C13H13BrO3/c1-7(2)12(13(15)16)9-4-3-8-6-11(14)17-10(8)5-9/h3-7,12H,1-2H3,(H,15,16). The van der Waals surface area contributed by atoms with Gasteiger partial charge in [-0.2, -0.15) is 0 Å². The Hall–Kier alpha value is -1.29. The average molecular weight is 297 g/mol. The average Bonchev–Trinajstić information content (AvgIpc) is 2.56. The van der Waals surface area contributed by atoms with Gasteiger partial charge in [0, 0.05) is 5.39 Å². The number of hydrogen-bond acceptors (Lipinski definition) is 2. The van der Waals surface area contributed by atoms with E-state index in [4.69, 9.17) is 4.42 Å². The molecule has 90 valence electrons. The number of furan rings is 1. The fraction of sp³-hybridized carbons (Fsp3) is 0.308. The maximum Gasteiger partial charge on any atom is 0.311 e. The quantitative estimate of drug-likeness (QED) is 0.931. The Morgan fingerprint density at radius 3 is 2.65 bits per heavy atom. The van der Waals surface area contributed by atoms with Gasteiger partial charge in [0.1, 0.15) is 5.58 Å². The molecule has 1 unspecified atom stereocenters. The van der Waals surface area contributed by atoms with Gasteiger partial charge in [-0.1, -0.05) is 26.0 Å². The van der Waals surface area contributed by atoms with Crippen molar-refractivity contribution >= 4 is 32.9 Å². The van der Waals surface area contributed by atoms with Crippen molar-refractivity contribution in [2.45, 2.75) is 19.8 Å². The lowest BCUT2D eigenvalue weighted by atomic mass is 9.88. The summed E-state index contributed by atoms with van der Waals surface area (Å²) in [6.45, 7) is 3.81. The molecule has 0 bridgehead atoms. The molecule has 1 aromatic heterocycles. The summed E-state index contributed by atoms with van der Waals surface area (Å²) in [6, 6.07) is 7.41. The van der Waals surface area contributed by atoms with Crippen molar-refractivity contribution in [3.8, 4) is 0 Å². The summed E-state index contributed by atoms with van der Waals surface area (Å²) in [7, 11) is 0. The Kier molecular flexibility index (Phi) is 3.24. The van der Waals surface area contributed by atoms with Crippen LogP contribution in [0.15, 0.2) is 33.4 Å². The maximum atomic E-state index is 11.2. The molecule has 1 N–H and O–H groups in total. The van der Waals surface area contributed by atoms with Gasteiger partial charge in [0.2, 0.25) is 0 Å². The zero-order chi connectivity index (χ0) is 12.6. The first-order valence-corrected chi connectivity index (χ1v) is 6.20. The lowest BCUT2D eigenvalue weighted by Crippen LogP contribution is -2.17. The topological polar surface area (TPSA) is 50.4 Å². The van der Waals surface area contributed by atoms with E-state index in [-0.39, 0.29) is 5.92 Å². The van der Waals surface area contributed by atoms with Crippen molar-refractivity contribution in [2.75, 3.05) is 0 Å². The molecule has 1 atom stereocenters. The summed E-state index contributed by atoms with van der Waals surface area (Å²) in [5.74, 6) is -1.25. The largest absolute Gasteiger partial charge is 0.481 e. The SMILES string of the molecule is CC(C)C(C(=O)O)c1ccc2cc(Br)oc2c1. The van der Waals surface area contributed by atoms with Crippen LogP contribution in [0.5, 0.6) is 0 Å². The summed E-state index contributed by atoms with van der Waals surface area (Å²) in [4.78, 5) is 11.2. The molecule has 0 aliphatic heterocycles.